The standard InChI is InChI=1S/C19H17F3N2O/c1-12(18(25)24(2)13-7-4-3-5-8-13)14-11-23-16-10-6-9-15(17(14)16)19(20,21)22/h3-12,23H,1-2H3. The van der Waals surface area contributed by atoms with Gasteiger partial charge in [0.2, 0.25) is 5.91 Å². The molecule has 0 aliphatic rings. The molecule has 0 aliphatic heterocycles. The van der Waals surface area contributed by atoms with Crippen LogP contribution < -0.4 is 4.90 Å². The molecule has 3 nitrogen and oxygen atoms in total. The van der Waals surface area contributed by atoms with E-state index in [1.807, 2.05) is 6.07 Å². The van der Waals surface area contributed by atoms with Crippen LogP contribution in [0.25, 0.3) is 10.9 Å². The highest BCUT2D eigenvalue weighted by Crippen LogP contribution is 2.38. The summed E-state index contributed by atoms with van der Waals surface area (Å²) in [6, 6.07) is 13.0. The number of benzene rings is 2. The molecule has 2 aromatic carbocycles. The van der Waals surface area contributed by atoms with E-state index < -0.39 is 17.7 Å². The Morgan fingerprint density at radius 2 is 1.76 bits per heavy atom. The van der Waals surface area contributed by atoms with Crippen molar-refractivity contribution in [1.29, 1.82) is 0 Å². The van der Waals surface area contributed by atoms with E-state index >= 15 is 0 Å². The molecule has 0 radical (unpaired) electrons. The second kappa shape index (κ2) is 6.27. The van der Waals surface area contributed by atoms with Gasteiger partial charge in [0, 0.05) is 29.8 Å². The second-order valence-corrected chi connectivity index (χ2v) is 5.92. The van der Waals surface area contributed by atoms with Gasteiger partial charge in [0.05, 0.1) is 11.5 Å². The summed E-state index contributed by atoms with van der Waals surface area (Å²) < 4.78 is 40.1. The number of fused-ring (bicyclic) bond motifs is 1. The summed E-state index contributed by atoms with van der Waals surface area (Å²) in [5.74, 6) is -0.994. The molecule has 1 unspecified atom stereocenters. The van der Waals surface area contributed by atoms with Gasteiger partial charge in [0.15, 0.2) is 0 Å². The molecular weight excluding hydrogens is 329 g/mol. The quantitative estimate of drug-likeness (QED) is 0.715. The molecule has 25 heavy (non-hydrogen) atoms. The van der Waals surface area contributed by atoms with Crippen LogP contribution in [0.5, 0.6) is 0 Å². The number of amides is 1. The van der Waals surface area contributed by atoms with Gasteiger partial charge in [-0.05, 0) is 36.8 Å². The SMILES string of the molecule is CC(C(=O)N(C)c1ccccc1)c1c[nH]c2cccc(C(F)(F)F)c12. The number of likely N-dealkylation sites (N-methyl/N-ethyl adjacent to an activating group) is 1. The van der Waals surface area contributed by atoms with E-state index in [4.69, 9.17) is 0 Å². The summed E-state index contributed by atoms with van der Waals surface area (Å²) in [7, 11) is 1.62. The number of alkyl halides is 3. The zero-order chi connectivity index (χ0) is 18.2. The van der Waals surface area contributed by atoms with E-state index in [1.165, 1.54) is 17.2 Å². The van der Waals surface area contributed by atoms with Crippen LogP contribution in [0.15, 0.2) is 54.7 Å². The molecule has 1 atom stereocenters. The Hall–Kier alpha value is -2.76. The van der Waals surface area contributed by atoms with Gasteiger partial charge < -0.3 is 9.88 Å². The average molecular weight is 346 g/mol. The van der Waals surface area contributed by atoms with Crippen LogP contribution in [-0.2, 0) is 11.0 Å². The first-order chi connectivity index (χ1) is 11.8. The molecule has 1 amide bonds. The van der Waals surface area contributed by atoms with Crippen molar-refractivity contribution < 1.29 is 18.0 Å². The Kier molecular flexibility index (Phi) is 4.29. The van der Waals surface area contributed by atoms with Crippen LogP contribution >= 0.6 is 0 Å². The number of halogens is 3. The predicted molar refractivity (Wildman–Crippen MR) is 91.6 cm³/mol. The van der Waals surface area contributed by atoms with Crippen molar-refractivity contribution >= 4 is 22.5 Å². The summed E-state index contributed by atoms with van der Waals surface area (Å²) in [4.78, 5) is 17.1. The lowest BCUT2D eigenvalue weighted by molar-refractivity contribution is -0.136. The Bertz CT molecular complexity index is 900. The molecule has 0 aliphatic carbocycles. The molecule has 0 bridgehead atoms. The number of carbonyl (C=O) groups excluding carboxylic acids is 1. The zero-order valence-corrected chi connectivity index (χ0v) is 13.8. The molecule has 130 valence electrons. The molecule has 3 rings (SSSR count). The third-order valence-electron chi connectivity index (χ3n) is 4.35. The van der Waals surface area contributed by atoms with Crippen LogP contribution in [0, 0.1) is 0 Å². The van der Waals surface area contributed by atoms with E-state index in [2.05, 4.69) is 4.98 Å². The lowest BCUT2D eigenvalue weighted by atomic mass is 9.95. The molecule has 1 heterocycles. The molecule has 0 spiro atoms. The molecule has 1 aromatic heterocycles. The summed E-state index contributed by atoms with van der Waals surface area (Å²) in [5, 5.41) is 0.0531. The lowest BCUT2D eigenvalue weighted by Gasteiger charge is -2.22. The van der Waals surface area contributed by atoms with Crippen LogP contribution in [0.3, 0.4) is 0 Å². The van der Waals surface area contributed by atoms with E-state index in [-0.39, 0.29) is 11.3 Å². The Morgan fingerprint density at radius 1 is 1.08 bits per heavy atom. The number of hydrogen-bond acceptors (Lipinski definition) is 1. The smallest absolute Gasteiger partial charge is 0.361 e. The van der Waals surface area contributed by atoms with E-state index in [9.17, 15) is 18.0 Å². The van der Waals surface area contributed by atoms with Gasteiger partial charge in [-0.15, -0.1) is 0 Å². The van der Waals surface area contributed by atoms with Crippen LogP contribution in [0.4, 0.5) is 18.9 Å². The number of hydrogen-bond donors (Lipinski definition) is 1. The molecular formula is C19H17F3N2O. The summed E-state index contributed by atoms with van der Waals surface area (Å²) >= 11 is 0. The van der Waals surface area contributed by atoms with Gasteiger partial charge in [0.25, 0.3) is 0 Å². The number of aromatic nitrogens is 1. The predicted octanol–water partition coefficient (Wildman–Crippen LogP) is 4.95. The summed E-state index contributed by atoms with van der Waals surface area (Å²) in [5.41, 5.74) is 0.668. The van der Waals surface area contributed by atoms with Gasteiger partial charge in [-0.25, -0.2) is 0 Å². The Labute approximate surface area is 143 Å². The highest BCUT2D eigenvalue weighted by molar-refractivity contribution is 6.01. The van der Waals surface area contributed by atoms with Crippen LogP contribution in [0.2, 0.25) is 0 Å². The molecule has 0 saturated heterocycles. The number of rotatable bonds is 3. The number of nitrogens with one attached hydrogen (secondary N) is 1. The van der Waals surface area contributed by atoms with Crippen molar-refractivity contribution in [2.75, 3.05) is 11.9 Å². The van der Waals surface area contributed by atoms with E-state index in [1.54, 1.807) is 44.3 Å². The molecule has 3 aromatic rings. The number of carbonyl (C=O) groups is 1. The molecule has 0 saturated carbocycles. The van der Waals surface area contributed by atoms with Crippen molar-refractivity contribution in [3.63, 3.8) is 0 Å². The Morgan fingerprint density at radius 3 is 2.40 bits per heavy atom. The van der Waals surface area contributed by atoms with E-state index in [0.29, 0.717) is 16.8 Å². The number of aromatic amines is 1. The summed E-state index contributed by atoms with van der Waals surface area (Å²) in [6.45, 7) is 1.62. The third-order valence-corrected chi connectivity index (χ3v) is 4.35. The number of anilines is 1. The van der Waals surface area contributed by atoms with Crippen molar-refractivity contribution in [2.45, 2.75) is 19.0 Å². The Balaban J connectivity index is 2.03. The third kappa shape index (κ3) is 3.12. The van der Waals surface area contributed by atoms with Gasteiger partial charge in [0.1, 0.15) is 0 Å². The van der Waals surface area contributed by atoms with Gasteiger partial charge in [-0.2, -0.15) is 13.2 Å². The van der Waals surface area contributed by atoms with Crippen molar-refractivity contribution in [3.8, 4) is 0 Å². The first-order valence-electron chi connectivity index (χ1n) is 7.80. The molecule has 6 heteroatoms. The zero-order valence-electron chi connectivity index (χ0n) is 13.8. The highest BCUT2D eigenvalue weighted by Gasteiger charge is 2.35. The van der Waals surface area contributed by atoms with Crippen molar-refractivity contribution in [3.05, 3.63) is 65.9 Å². The minimum absolute atomic E-state index is 0.0531. The molecule has 1 N–H and O–H groups in total. The minimum Gasteiger partial charge on any atom is -0.361 e. The van der Waals surface area contributed by atoms with Crippen LogP contribution in [-0.4, -0.2) is 17.9 Å². The fourth-order valence-corrected chi connectivity index (χ4v) is 2.99. The monoisotopic (exact) mass is 346 g/mol. The fraction of sp³-hybridized carbons (Fsp3) is 0.211. The maximum Gasteiger partial charge on any atom is 0.417 e. The number of nitrogens with zero attached hydrogens (tertiary/aromatic N) is 1. The lowest BCUT2D eigenvalue weighted by Crippen LogP contribution is -2.30. The number of para-hydroxylation sites is 1. The van der Waals surface area contributed by atoms with E-state index in [0.717, 1.165) is 6.07 Å². The largest absolute Gasteiger partial charge is 0.417 e. The van der Waals surface area contributed by atoms with Crippen LogP contribution in [0.1, 0.15) is 24.0 Å². The maximum absolute atomic E-state index is 13.4. The summed E-state index contributed by atoms with van der Waals surface area (Å²) in [6.07, 6.45) is -2.99. The van der Waals surface area contributed by atoms with Crippen molar-refractivity contribution in [1.82, 2.24) is 4.98 Å². The number of H-pyrrole nitrogens is 1. The topological polar surface area (TPSA) is 36.1 Å². The van der Waals surface area contributed by atoms with Crippen molar-refractivity contribution in [2.24, 2.45) is 0 Å². The minimum atomic E-state index is -4.48. The second-order valence-electron chi connectivity index (χ2n) is 5.92. The van der Waals surface area contributed by atoms with Gasteiger partial charge in [-0.1, -0.05) is 24.3 Å². The maximum atomic E-state index is 13.4. The molecule has 0 fully saturated rings. The normalized spacial score (nSPS) is 13.0. The first kappa shape index (κ1) is 17.1. The first-order valence-corrected chi connectivity index (χ1v) is 7.80. The van der Waals surface area contributed by atoms with Gasteiger partial charge in [-0.3, -0.25) is 4.79 Å². The average Bonchev–Trinajstić information content (AvgIpc) is 3.03. The highest BCUT2D eigenvalue weighted by atomic mass is 19.4. The fourth-order valence-electron chi connectivity index (χ4n) is 2.99. The van der Waals surface area contributed by atoms with Gasteiger partial charge >= 0.3 is 6.18 Å².